The lowest BCUT2D eigenvalue weighted by Gasteiger charge is -2.36. The second-order valence-corrected chi connectivity index (χ2v) is 9.56. The molecule has 4 unspecified atom stereocenters. The number of aromatic amines is 1. The van der Waals surface area contributed by atoms with Gasteiger partial charge in [-0.05, 0) is 48.1 Å². The van der Waals surface area contributed by atoms with Gasteiger partial charge in [-0.15, -0.1) is 0 Å². The van der Waals surface area contributed by atoms with Crippen LogP contribution in [0.4, 0.5) is 11.8 Å². The molecule has 1 fully saturated rings. The number of carbonyl (C=O) groups excluding carboxylic acids is 1. The number of nitrogens with one attached hydrogen (secondary N) is 2. The monoisotopic (exact) mass is 469 g/mol. The lowest BCUT2D eigenvalue weighted by atomic mass is 9.79. The normalized spacial score (nSPS) is 23.7. The molecule has 0 aliphatic carbocycles. The Morgan fingerprint density at radius 3 is 2.46 bits per heavy atom. The van der Waals surface area contributed by atoms with Crippen molar-refractivity contribution < 1.29 is 9.53 Å². The predicted molar refractivity (Wildman–Crippen MR) is 133 cm³/mol. The van der Waals surface area contributed by atoms with Crippen molar-refractivity contribution >= 4 is 17.7 Å². The van der Waals surface area contributed by atoms with Gasteiger partial charge in [0.05, 0.1) is 11.6 Å². The molecule has 3 aromatic rings. The first-order valence-electron chi connectivity index (χ1n) is 11.9. The van der Waals surface area contributed by atoms with Crippen LogP contribution in [0.1, 0.15) is 37.3 Å². The van der Waals surface area contributed by atoms with Gasteiger partial charge in [0, 0.05) is 19.0 Å². The largest absolute Gasteiger partial charge is 0.457 e. The summed E-state index contributed by atoms with van der Waals surface area (Å²) in [6, 6.07) is 18.6. The average molecular weight is 470 g/mol. The highest BCUT2D eigenvalue weighted by Gasteiger charge is 2.40. The van der Waals surface area contributed by atoms with Crippen molar-refractivity contribution in [2.75, 3.05) is 23.3 Å². The van der Waals surface area contributed by atoms with Crippen LogP contribution in [-0.2, 0) is 4.79 Å². The molecule has 178 valence electrons. The molecular formula is C27H27N5O3. The first kappa shape index (κ1) is 22.7. The molecule has 2 aliphatic heterocycles. The Labute approximate surface area is 203 Å². The second kappa shape index (κ2) is 9.26. The zero-order chi connectivity index (χ0) is 24.5. The summed E-state index contributed by atoms with van der Waals surface area (Å²) >= 11 is 0. The number of benzene rings is 2. The lowest BCUT2D eigenvalue weighted by Crippen LogP contribution is -2.42. The van der Waals surface area contributed by atoms with E-state index < -0.39 is 17.7 Å². The number of carbonyl (C=O) groups is 1. The topological polar surface area (TPSA) is 111 Å². The fourth-order valence-electron chi connectivity index (χ4n) is 5.24. The van der Waals surface area contributed by atoms with E-state index in [4.69, 9.17) is 4.74 Å². The number of para-hydroxylation sites is 1. The minimum Gasteiger partial charge on any atom is -0.457 e. The summed E-state index contributed by atoms with van der Waals surface area (Å²) in [5, 5.41) is 12.6. The number of amides is 1. The third kappa shape index (κ3) is 4.50. The van der Waals surface area contributed by atoms with E-state index in [0.29, 0.717) is 34.8 Å². The summed E-state index contributed by atoms with van der Waals surface area (Å²) in [5.74, 6) is 0.506. The maximum absolute atomic E-state index is 13.4. The number of nitriles is 1. The summed E-state index contributed by atoms with van der Waals surface area (Å²) in [6.07, 6.45) is 1.12. The standard InChI is InChI=1S/C27H27N5O3/c1-16-11-17(2)15-32(14-16)27-30-24-23(26(34)31-27)22(21(13-28)25(33)29-24)18-7-6-10-20(12-18)35-19-8-4-3-5-9-19/h3-10,12,16-17,21-22H,11,14-15H2,1-2H3,(H2,29,30,31,33,34). The molecule has 1 amide bonds. The molecule has 3 heterocycles. The van der Waals surface area contributed by atoms with Crippen LogP contribution in [0.15, 0.2) is 59.4 Å². The van der Waals surface area contributed by atoms with Gasteiger partial charge in [0.1, 0.15) is 23.2 Å². The van der Waals surface area contributed by atoms with Crippen LogP contribution in [0.5, 0.6) is 11.5 Å². The molecule has 1 aromatic heterocycles. The van der Waals surface area contributed by atoms with E-state index >= 15 is 0 Å². The van der Waals surface area contributed by atoms with E-state index in [1.807, 2.05) is 30.3 Å². The SMILES string of the molecule is CC1CC(C)CN(c2nc3c(c(=O)[nH]2)C(c2cccc(Oc4ccccc4)c2)C(C#N)C(=O)N3)C1. The Morgan fingerprint density at radius 1 is 1.03 bits per heavy atom. The van der Waals surface area contributed by atoms with Gasteiger partial charge in [0.25, 0.3) is 5.56 Å². The van der Waals surface area contributed by atoms with E-state index in [0.717, 1.165) is 19.5 Å². The highest BCUT2D eigenvalue weighted by atomic mass is 16.5. The second-order valence-electron chi connectivity index (χ2n) is 9.56. The van der Waals surface area contributed by atoms with Crippen LogP contribution < -0.4 is 20.5 Å². The van der Waals surface area contributed by atoms with Crippen molar-refractivity contribution in [3.63, 3.8) is 0 Å². The van der Waals surface area contributed by atoms with E-state index in [2.05, 4.69) is 40.1 Å². The predicted octanol–water partition coefficient (Wildman–Crippen LogP) is 4.27. The summed E-state index contributed by atoms with van der Waals surface area (Å²) < 4.78 is 5.95. The van der Waals surface area contributed by atoms with Crippen LogP contribution in [0.2, 0.25) is 0 Å². The van der Waals surface area contributed by atoms with Crippen LogP contribution in [0.3, 0.4) is 0 Å². The molecular weight excluding hydrogens is 442 g/mol. The number of anilines is 2. The summed E-state index contributed by atoms with van der Waals surface area (Å²) in [4.78, 5) is 36.0. The van der Waals surface area contributed by atoms with Gasteiger partial charge in [-0.25, -0.2) is 0 Å². The van der Waals surface area contributed by atoms with Gasteiger partial charge in [0.15, 0.2) is 0 Å². The smallest absolute Gasteiger partial charge is 0.258 e. The Kier molecular flexibility index (Phi) is 6.00. The molecule has 2 aliphatic rings. The Bertz CT molecular complexity index is 1340. The summed E-state index contributed by atoms with van der Waals surface area (Å²) in [6.45, 7) is 5.92. The van der Waals surface area contributed by atoms with Gasteiger partial charge in [0.2, 0.25) is 11.9 Å². The number of rotatable bonds is 4. The molecule has 5 rings (SSSR count). The Morgan fingerprint density at radius 2 is 1.74 bits per heavy atom. The molecule has 0 spiro atoms. The number of nitrogens with zero attached hydrogens (tertiary/aromatic N) is 3. The first-order valence-corrected chi connectivity index (χ1v) is 11.9. The van der Waals surface area contributed by atoms with Gasteiger partial charge < -0.3 is 15.0 Å². The highest BCUT2D eigenvalue weighted by Crippen LogP contribution is 2.39. The van der Waals surface area contributed by atoms with Crippen molar-refractivity contribution in [2.45, 2.75) is 26.2 Å². The molecule has 4 atom stereocenters. The van der Waals surface area contributed by atoms with Crippen LogP contribution in [0, 0.1) is 29.1 Å². The van der Waals surface area contributed by atoms with Crippen molar-refractivity contribution in [3.05, 3.63) is 76.1 Å². The fourth-order valence-corrected chi connectivity index (χ4v) is 5.24. The van der Waals surface area contributed by atoms with E-state index in [9.17, 15) is 14.9 Å². The molecule has 8 nitrogen and oxygen atoms in total. The molecule has 0 bridgehead atoms. The zero-order valence-electron chi connectivity index (χ0n) is 19.7. The zero-order valence-corrected chi connectivity index (χ0v) is 19.7. The van der Waals surface area contributed by atoms with Gasteiger partial charge in [-0.3, -0.25) is 14.6 Å². The van der Waals surface area contributed by atoms with E-state index in [1.54, 1.807) is 24.3 Å². The van der Waals surface area contributed by atoms with Crippen molar-refractivity contribution in [3.8, 4) is 17.6 Å². The molecule has 2 aromatic carbocycles. The number of fused-ring (bicyclic) bond motifs is 1. The van der Waals surface area contributed by atoms with Gasteiger partial charge in [-0.1, -0.05) is 44.2 Å². The number of piperidine rings is 1. The lowest BCUT2D eigenvalue weighted by molar-refractivity contribution is -0.119. The summed E-state index contributed by atoms with van der Waals surface area (Å²) in [7, 11) is 0. The van der Waals surface area contributed by atoms with Crippen molar-refractivity contribution in [2.24, 2.45) is 17.8 Å². The first-order chi connectivity index (χ1) is 16.9. The molecule has 0 saturated carbocycles. The number of hydrogen-bond donors (Lipinski definition) is 2. The molecule has 0 radical (unpaired) electrons. The van der Waals surface area contributed by atoms with Gasteiger partial charge in [-0.2, -0.15) is 10.2 Å². The summed E-state index contributed by atoms with van der Waals surface area (Å²) in [5.41, 5.74) is 0.576. The third-order valence-corrected chi connectivity index (χ3v) is 6.61. The number of H-pyrrole nitrogens is 1. The van der Waals surface area contributed by atoms with Crippen LogP contribution >= 0.6 is 0 Å². The molecule has 35 heavy (non-hydrogen) atoms. The quantitative estimate of drug-likeness (QED) is 0.590. The fraction of sp³-hybridized carbons (Fsp3) is 0.333. The number of aromatic nitrogens is 2. The Hall–Kier alpha value is -4.12. The van der Waals surface area contributed by atoms with Gasteiger partial charge >= 0.3 is 0 Å². The molecule has 1 saturated heterocycles. The van der Waals surface area contributed by atoms with E-state index in [-0.39, 0.29) is 16.9 Å². The third-order valence-electron chi connectivity index (χ3n) is 6.61. The minimum absolute atomic E-state index is 0.213. The maximum atomic E-state index is 13.4. The van der Waals surface area contributed by atoms with Crippen molar-refractivity contribution in [1.29, 1.82) is 5.26 Å². The minimum atomic E-state index is -1.07. The van der Waals surface area contributed by atoms with Crippen LogP contribution in [0.25, 0.3) is 0 Å². The average Bonchev–Trinajstić information content (AvgIpc) is 2.83. The number of ether oxygens (including phenoxy) is 1. The number of hydrogen-bond acceptors (Lipinski definition) is 6. The highest BCUT2D eigenvalue weighted by molar-refractivity contribution is 5.98. The Balaban J connectivity index is 1.55. The molecule has 2 N–H and O–H groups in total. The molecule has 8 heteroatoms. The van der Waals surface area contributed by atoms with Crippen molar-refractivity contribution in [1.82, 2.24) is 9.97 Å². The van der Waals surface area contributed by atoms with E-state index in [1.165, 1.54) is 0 Å². The van der Waals surface area contributed by atoms with Crippen LogP contribution in [-0.4, -0.2) is 29.0 Å². The maximum Gasteiger partial charge on any atom is 0.258 e.